The van der Waals surface area contributed by atoms with Gasteiger partial charge in [-0.15, -0.1) is 0 Å². The van der Waals surface area contributed by atoms with E-state index in [1.165, 1.54) is 37.7 Å². The van der Waals surface area contributed by atoms with E-state index in [9.17, 15) is 9.59 Å². The highest BCUT2D eigenvalue weighted by molar-refractivity contribution is 5.88. The van der Waals surface area contributed by atoms with Crippen molar-refractivity contribution in [3.8, 4) is 0 Å². The molecule has 4 rings (SSSR count). The molecule has 1 aromatic carbocycles. The molecule has 3 aliphatic rings. The molecule has 2 saturated carbocycles. The minimum absolute atomic E-state index is 0.0413. The first-order valence-electron chi connectivity index (χ1n) is 13.0. The minimum Gasteiger partial charge on any atom is -0.354 e. The van der Waals surface area contributed by atoms with E-state index in [1.54, 1.807) is 0 Å². The van der Waals surface area contributed by atoms with Crippen molar-refractivity contribution in [3.63, 3.8) is 0 Å². The Kier molecular flexibility index (Phi) is 8.23. The summed E-state index contributed by atoms with van der Waals surface area (Å²) in [5, 5.41) is 3.17. The zero-order valence-corrected chi connectivity index (χ0v) is 19.5. The topological polar surface area (TPSA) is 75.4 Å². The number of nitrogens with zero attached hydrogens (tertiary/aromatic N) is 1. The van der Waals surface area contributed by atoms with Crippen LogP contribution in [0.3, 0.4) is 0 Å². The van der Waals surface area contributed by atoms with Crippen molar-refractivity contribution in [2.45, 2.75) is 95.1 Å². The van der Waals surface area contributed by atoms with Crippen molar-refractivity contribution in [1.29, 1.82) is 0 Å². The van der Waals surface area contributed by atoms with Crippen LogP contribution in [0.2, 0.25) is 0 Å². The van der Waals surface area contributed by atoms with E-state index in [4.69, 9.17) is 5.73 Å². The number of rotatable bonds is 7. The van der Waals surface area contributed by atoms with Crippen LogP contribution in [0.4, 0.5) is 0 Å². The summed E-state index contributed by atoms with van der Waals surface area (Å²) < 4.78 is 0. The van der Waals surface area contributed by atoms with E-state index in [0.29, 0.717) is 30.8 Å². The zero-order valence-electron chi connectivity index (χ0n) is 19.5. The van der Waals surface area contributed by atoms with Gasteiger partial charge in [0.15, 0.2) is 0 Å². The Balaban J connectivity index is 1.36. The summed E-state index contributed by atoms with van der Waals surface area (Å²) in [6.07, 6.45) is 12.8. The van der Waals surface area contributed by atoms with E-state index in [0.717, 1.165) is 45.1 Å². The fourth-order valence-electron chi connectivity index (χ4n) is 6.19. The van der Waals surface area contributed by atoms with Gasteiger partial charge in [-0.05, 0) is 74.7 Å². The molecule has 2 aliphatic carbocycles. The highest BCUT2D eigenvalue weighted by Crippen LogP contribution is 2.39. The third-order valence-corrected chi connectivity index (χ3v) is 8.17. The lowest BCUT2D eigenvalue weighted by Gasteiger charge is -2.33. The average Bonchev–Trinajstić information content (AvgIpc) is 3.33. The molecule has 0 aromatic heterocycles. The summed E-state index contributed by atoms with van der Waals surface area (Å²) in [7, 11) is 0. The molecule has 3 N–H and O–H groups in total. The second-order valence-corrected chi connectivity index (χ2v) is 10.4. The van der Waals surface area contributed by atoms with Gasteiger partial charge in [0.2, 0.25) is 11.8 Å². The number of nitrogens with two attached hydrogens (primary N) is 1. The molecule has 2 amide bonds. The number of carbonyl (C=O) groups is 2. The average molecular weight is 440 g/mol. The van der Waals surface area contributed by atoms with Crippen LogP contribution in [0.25, 0.3) is 0 Å². The van der Waals surface area contributed by atoms with E-state index < -0.39 is 0 Å². The minimum atomic E-state index is -0.295. The first kappa shape index (κ1) is 23.3. The van der Waals surface area contributed by atoms with Crippen molar-refractivity contribution < 1.29 is 9.59 Å². The fraction of sp³-hybridized carbons (Fsp3) is 0.704. The Hall–Kier alpha value is -1.88. The SMILES string of the molecule is NC1CCC(CNC(=O)[C@@H]2CCCN2C(=O)CC(c2ccccc2)C2CCCCC2)CC1. The van der Waals surface area contributed by atoms with Crippen molar-refractivity contribution >= 4 is 11.8 Å². The third kappa shape index (κ3) is 5.92. The summed E-state index contributed by atoms with van der Waals surface area (Å²) >= 11 is 0. The molecule has 0 spiro atoms. The van der Waals surface area contributed by atoms with Gasteiger partial charge in [0.1, 0.15) is 6.04 Å². The van der Waals surface area contributed by atoms with Crippen LogP contribution >= 0.6 is 0 Å². The van der Waals surface area contributed by atoms with E-state index in [2.05, 4.69) is 29.6 Å². The van der Waals surface area contributed by atoms with Gasteiger partial charge < -0.3 is 16.0 Å². The molecular formula is C27H41N3O2. The number of amides is 2. The fourth-order valence-corrected chi connectivity index (χ4v) is 6.19. The molecule has 1 aliphatic heterocycles. The first-order chi connectivity index (χ1) is 15.6. The van der Waals surface area contributed by atoms with Gasteiger partial charge in [-0.2, -0.15) is 0 Å². The molecule has 1 heterocycles. The van der Waals surface area contributed by atoms with Crippen LogP contribution in [-0.2, 0) is 9.59 Å². The molecular weight excluding hydrogens is 398 g/mol. The maximum absolute atomic E-state index is 13.5. The predicted octanol–water partition coefficient (Wildman–Crippen LogP) is 4.37. The van der Waals surface area contributed by atoms with Gasteiger partial charge in [0, 0.05) is 25.6 Å². The van der Waals surface area contributed by atoms with Crippen LogP contribution in [-0.4, -0.2) is 41.9 Å². The zero-order chi connectivity index (χ0) is 22.3. The van der Waals surface area contributed by atoms with Crippen LogP contribution in [0.5, 0.6) is 0 Å². The van der Waals surface area contributed by atoms with Crippen molar-refractivity contribution in [2.75, 3.05) is 13.1 Å². The molecule has 176 valence electrons. The van der Waals surface area contributed by atoms with Crippen molar-refractivity contribution in [1.82, 2.24) is 10.2 Å². The number of likely N-dealkylation sites (tertiary alicyclic amines) is 1. The van der Waals surface area contributed by atoms with Gasteiger partial charge in [-0.25, -0.2) is 0 Å². The lowest BCUT2D eigenvalue weighted by atomic mass is 9.75. The highest BCUT2D eigenvalue weighted by Gasteiger charge is 2.36. The molecule has 2 atom stereocenters. The first-order valence-corrected chi connectivity index (χ1v) is 13.0. The standard InChI is InChI=1S/C27H41N3O2/c28-23-15-13-20(14-16-23)19-29-27(32)25-12-7-17-30(25)26(31)18-24(21-8-3-1-4-9-21)22-10-5-2-6-11-22/h1,3-4,8-9,20,22-25H,2,5-7,10-19,28H2,(H,29,32)/t20?,23?,24?,25-/m0/s1. The van der Waals surface area contributed by atoms with Crippen LogP contribution in [0.1, 0.15) is 88.5 Å². The van der Waals surface area contributed by atoms with Crippen LogP contribution < -0.4 is 11.1 Å². The molecule has 3 fully saturated rings. The lowest BCUT2D eigenvalue weighted by molar-refractivity contribution is -0.139. The van der Waals surface area contributed by atoms with Gasteiger partial charge >= 0.3 is 0 Å². The molecule has 1 aromatic rings. The lowest BCUT2D eigenvalue weighted by Crippen LogP contribution is -2.47. The molecule has 5 heteroatoms. The van der Waals surface area contributed by atoms with Gasteiger partial charge in [0.05, 0.1) is 0 Å². The number of benzene rings is 1. The smallest absolute Gasteiger partial charge is 0.242 e. The second kappa shape index (κ2) is 11.3. The number of hydrogen-bond acceptors (Lipinski definition) is 3. The summed E-state index contributed by atoms with van der Waals surface area (Å²) in [5.41, 5.74) is 7.29. The number of hydrogen-bond donors (Lipinski definition) is 2. The summed E-state index contributed by atoms with van der Waals surface area (Å²) in [6.45, 7) is 1.43. The Labute approximate surface area is 193 Å². The molecule has 5 nitrogen and oxygen atoms in total. The Morgan fingerprint density at radius 3 is 2.38 bits per heavy atom. The maximum Gasteiger partial charge on any atom is 0.242 e. The molecule has 1 saturated heterocycles. The van der Waals surface area contributed by atoms with E-state index in [-0.39, 0.29) is 23.8 Å². The van der Waals surface area contributed by atoms with E-state index >= 15 is 0 Å². The van der Waals surface area contributed by atoms with Crippen molar-refractivity contribution in [2.24, 2.45) is 17.6 Å². The molecule has 1 unspecified atom stereocenters. The van der Waals surface area contributed by atoms with Gasteiger partial charge in [-0.3, -0.25) is 9.59 Å². The Bertz CT molecular complexity index is 739. The number of nitrogens with one attached hydrogen (secondary N) is 1. The second-order valence-electron chi connectivity index (χ2n) is 10.4. The molecule has 0 bridgehead atoms. The summed E-state index contributed by atoms with van der Waals surface area (Å²) in [4.78, 5) is 28.3. The predicted molar refractivity (Wildman–Crippen MR) is 128 cm³/mol. The van der Waals surface area contributed by atoms with Gasteiger partial charge in [0.25, 0.3) is 0 Å². The molecule has 32 heavy (non-hydrogen) atoms. The highest BCUT2D eigenvalue weighted by atomic mass is 16.2. The van der Waals surface area contributed by atoms with Crippen LogP contribution in [0.15, 0.2) is 30.3 Å². The Morgan fingerprint density at radius 2 is 1.66 bits per heavy atom. The van der Waals surface area contributed by atoms with E-state index in [1.807, 2.05) is 11.0 Å². The van der Waals surface area contributed by atoms with Gasteiger partial charge in [-0.1, -0.05) is 49.6 Å². The summed E-state index contributed by atoms with van der Waals surface area (Å²) in [5.74, 6) is 1.56. The van der Waals surface area contributed by atoms with Crippen LogP contribution in [0, 0.1) is 11.8 Å². The quantitative estimate of drug-likeness (QED) is 0.663. The number of carbonyl (C=O) groups excluding carboxylic acids is 2. The molecule has 0 radical (unpaired) electrons. The third-order valence-electron chi connectivity index (χ3n) is 8.17. The largest absolute Gasteiger partial charge is 0.354 e. The maximum atomic E-state index is 13.5. The Morgan fingerprint density at radius 1 is 0.938 bits per heavy atom. The monoisotopic (exact) mass is 439 g/mol. The summed E-state index contributed by atoms with van der Waals surface area (Å²) in [6, 6.07) is 10.6. The normalized spacial score (nSPS) is 27.8. The van der Waals surface area contributed by atoms with Crippen molar-refractivity contribution in [3.05, 3.63) is 35.9 Å².